The quantitative estimate of drug-likeness (QED) is 0.620. The lowest BCUT2D eigenvalue weighted by molar-refractivity contribution is -0.131. The Kier molecular flexibility index (Phi) is 6.63. The maximum absolute atomic E-state index is 12.7. The van der Waals surface area contributed by atoms with Gasteiger partial charge >= 0.3 is 0 Å². The first-order chi connectivity index (χ1) is 15.5. The molecule has 7 nitrogen and oxygen atoms in total. The van der Waals surface area contributed by atoms with Crippen LogP contribution in [0.4, 0.5) is 5.69 Å². The molecule has 1 aromatic carbocycles. The molecule has 2 amide bonds. The Morgan fingerprint density at radius 2 is 1.75 bits per heavy atom. The number of hydrogen-bond acceptors (Lipinski definition) is 4. The van der Waals surface area contributed by atoms with Crippen LogP contribution in [0.3, 0.4) is 0 Å². The van der Waals surface area contributed by atoms with Gasteiger partial charge in [0.05, 0.1) is 18.4 Å². The third-order valence-corrected chi connectivity index (χ3v) is 6.09. The maximum Gasteiger partial charge on any atom is 0.253 e. The molecule has 1 aliphatic rings. The fraction of sp³-hybridized carbons (Fsp3) is 0.360. The molecule has 1 saturated heterocycles. The van der Waals surface area contributed by atoms with Gasteiger partial charge in [0.25, 0.3) is 5.91 Å². The molecule has 2 aromatic heterocycles. The summed E-state index contributed by atoms with van der Waals surface area (Å²) in [6.07, 6.45) is 1.96. The average Bonchev–Trinajstić information content (AvgIpc) is 3.43. The summed E-state index contributed by atoms with van der Waals surface area (Å²) in [6.45, 7) is 7.89. The Labute approximate surface area is 188 Å². The Morgan fingerprint density at radius 1 is 1.00 bits per heavy atom. The number of para-hydroxylation sites is 1. The summed E-state index contributed by atoms with van der Waals surface area (Å²) in [4.78, 5) is 29.5. The summed E-state index contributed by atoms with van der Waals surface area (Å²) in [7, 11) is 0. The summed E-state index contributed by atoms with van der Waals surface area (Å²) in [5.41, 5.74) is 3.71. The topological polar surface area (TPSA) is 70.7 Å². The number of furan rings is 1. The van der Waals surface area contributed by atoms with E-state index in [-0.39, 0.29) is 11.8 Å². The van der Waals surface area contributed by atoms with Crippen molar-refractivity contribution in [1.82, 2.24) is 14.8 Å². The van der Waals surface area contributed by atoms with Gasteiger partial charge in [-0.15, -0.1) is 0 Å². The summed E-state index contributed by atoms with van der Waals surface area (Å²) in [5, 5.41) is 2.91. The third kappa shape index (κ3) is 4.88. The SMILES string of the molecule is Cc1cc(C(=O)NCCC(=O)N2CCN(c3ccccc3)CC2)c(C)n1Cc1ccco1. The van der Waals surface area contributed by atoms with E-state index in [0.717, 1.165) is 30.2 Å². The largest absolute Gasteiger partial charge is 0.467 e. The van der Waals surface area contributed by atoms with E-state index < -0.39 is 0 Å². The van der Waals surface area contributed by atoms with Crippen molar-refractivity contribution in [2.45, 2.75) is 26.8 Å². The normalized spacial score (nSPS) is 13.9. The van der Waals surface area contributed by atoms with E-state index in [0.29, 0.717) is 38.2 Å². The minimum absolute atomic E-state index is 0.0845. The number of nitrogens with zero attached hydrogens (tertiary/aromatic N) is 3. The number of rotatable bonds is 7. The maximum atomic E-state index is 12.7. The second kappa shape index (κ2) is 9.77. The van der Waals surface area contributed by atoms with Crippen molar-refractivity contribution in [3.05, 3.63) is 77.5 Å². The summed E-state index contributed by atoms with van der Waals surface area (Å²) in [6, 6.07) is 15.9. The molecule has 0 spiro atoms. The zero-order valence-corrected chi connectivity index (χ0v) is 18.7. The highest BCUT2D eigenvalue weighted by molar-refractivity contribution is 5.96. The predicted octanol–water partition coefficient (Wildman–Crippen LogP) is 3.21. The number of piperazine rings is 1. The molecule has 0 saturated carbocycles. The van der Waals surface area contributed by atoms with Crippen LogP contribution in [0.5, 0.6) is 0 Å². The van der Waals surface area contributed by atoms with Crippen LogP contribution in [0.1, 0.15) is 33.9 Å². The zero-order chi connectivity index (χ0) is 22.5. The molecule has 0 atom stereocenters. The van der Waals surface area contributed by atoms with Crippen molar-refractivity contribution < 1.29 is 14.0 Å². The van der Waals surface area contributed by atoms with E-state index in [2.05, 4.69) is 26.9 Å². The van der Waals surface area contributed by atoms with E-state index >= 15 is 0 Å². The molecule has 0 aliphatic carbocycles. The highest BCUT2D eigenvalue weighted by Gasteiger charge is 2.22. The minimum Gasteiger partial charge on any atom is -0.467 e. The first kappa shape index (κ1) is 21.7. The number of carbonyl (C=O) groups is 2. The molecule has 0 bridgehead atoms. The van der Waals surface area contributed by atoms with E-state index in [1.807, 2.05) is 55.1 Å². The molecule has 1 aliphatic heterocycles. The van der Waals surface area contributed by atoms with Crippen molar-refractivity contribution in [2.24, 2.45) is 0 Å². The van der Waals surface area contributed by atoms with Gasteiger partial charge in [-0.05, 0) is 44.2 Å². The number of amides is 2. The Morgan fingerprint density at radius 3 is 2.44 bits per heavy atom. The Balaban J connectivity index is 1.25. The van der Waals surface area contributed by atoms with Gasteiger partial charge in [-0.25, -0.2) is 0 Å². The number of aryl methyl sites for hydroxylation is 1. The zero-order valence-electron chi connectivity index (χ0n) is 18.7. The molecule has 168 valence electrons. The Bertz CT molecular complexity index is 1050. The molecule has 32 heavy (non-hydrogen) atoms. The van der Waals surface area contributed by atoms with Crippen LogP contribution in [0, 0.1) is 13.8 Å². The third-order valence-electron chi connectivity index (χ3n) is 6.09. The standard InChI is InChI=1S/C25H30N4O3/c1-19-17-23(20(2)29(19)18-22-9-6-16-32-22)25(31)26-11-10-24(30)28-14-12-27(13-15-28)21-7-4-3-5-8-21/h3-9,16-17H,10-15,18H2,1-2H3,(H,26,31). The molecule has 3 heterocycles. The van der Waals surface area contributed by atoms with Gasteiger partial charge < -0.3 is 24.1 Å². The predicted molar refractivity (Wildman–Crippen MR) is 124 cm³/mol. The molecule has 4 rings (SSSR count). The molecular weight excluding hydrogens is 404 g/mol. The first-order valence-corrected chi connectivity index (χ1v) is 11.1. The van der Waals surface area contributed by atoms with Crippen LogP contribution in [0.15, 0.2) is 59.2 Å². The van der Waals surface area contributed by atoms with Gasteiger partial charge in [-0.1, -0.05) is 18.2 Å². The van der Waals surface area contributed by atoms with E-state index in [1.54, 1.807) is 6.26 Å². The van der Waals surface area contributed by atoms with Crippen LogP contribution < -0.4 is 10.2 Å². The number of benzene rings is 1. The average molecular weight is 435 g/mol. The van der Waals surface area contributed by atoms with Crippen molar-refractivity contribution in [1.29, 1.82) is 0 Å². The number of anilines is 1. The number of nitrogens with one attached hydrogen (secondary N) is 1. The van der Waals surface area contributed by atoms with Crippen LogP contribution in [0.2, 0.25) is 0 Å². The Hall–Kier alpha value is -3.48. The van der Waals surface area contributed by atoms with Crippen molar-refractivity contribution >= 4 is 17.5 Å². The number of aromatic nitrogens is 1. The van der Waals surface area contributed by atoms with Gasteiger partial charge in [-0.2, -0.15) is 0 Å². The fourth-order valence-corrected chi connectivity index (χ4v) is 4.22. The molecule has 0 unspecified atom stereocenters. The minimum atomic E-state index is -0.148. The monoisotopic (exact) mass is 434 g/mol. The number of carbonyl (C=O) groups excluding carboxylic acids is 2. The smallest absolute Gasteiger partial charge is 0.253 e. The second-order valence-electron chi connectivity index (χ2n) is 8.16. The molecular formula is C25H30N4O3. The van der Waals surface area contributed by atoms with Gasteiger partial charge in [-0.3, -0.25) is 9.59 Å². The summed E-state index contributed by atoms with van der Waals surface area (Å²) >= 11 is 0. The lowest BCUT2D eigenvalue weighted by atomic mass is 10.2. The highest BCUT2D eigenvalue weighted by atomic mass is 16.3. The van der Waals surface area contributed by atoms with Gasteiger partial charge in [0.2, 0.25) is 5.91 Å². The lowest BCUT2D eigenvalue weighted by Crippen LogP contribution is -2.49. The van der Waals surface area contributed by atoms with Crippen molar-refractivity contribution in [3.8, 4) is 0 Å². The van der Waals surface area contributed by atoms with Gasteiger partial charge in [0.1, 0.15) is 5.76 Å². The fourth-order valence-electron chi connectivity index (χ4n) is 4.22. The molecule has 1 fully saturated rings. The summed E-state index contributed by atoms with van der Waals surface area (Å²) in [5.74, 6) is 0.781. The van der Waals surface area contributed by atoms with Crippen LogP contribution in [-0.2, 0) is 11.3 Å². The van der Waals surface area contributed by atoms with E-state index in [9.17, 15) is 9.59 Å². The van der Waals surface area contributed by atoms with E-state index in [4.69, 9.17) is 4.42 Å². The molecule has 7 heteroatoms. The van der Waals surface area contributed by atoms with Crippen molar-refractivity contribution in [3.63, 3.8) is 0 Å². The summed E-state index contributed by atoms with van der Waals surface area (Å²) < 4.78 is 7.49. The highest BCUT2D eigenvalue weighted by Crippen LogP contribution is 2.18. The van der Waals surface area contributed by atoms with Crippen molar-refractivity contribution in [2.75, 3.05) is 37.6 Å². The molecule has 3 aromatic rings. The molecule has 1 N–H and O–H groups in total. The van der Waals surface area contributed by atoms with Crippen LogP contribution >= 0.6 is 0 Å². The first-order valence-electron chi connectivity index (χ1n) is 11.1. The van der Waals surface area contributed by atoms with Crippen LogP contribution in [-0.4, -0.2) is 54.0 Å². The van der Waals surface area contributed by atoms with Gasteiger partial charge in [0, 0.05) is 56.2 Å². The van der Waals surface area contributed by atoms with Crippen LogP contribution in [0.25, 0.3) is 0 Å². The van der Waals surface area contributed by atoms with Gasteiger partial charge in [0.15, 0.2) is 0 Å². The van der Waals surface area contributed by atoms with E-state index in [1.165, 1.54) is 5.69 Å². The lowest BCUT2D eigenvalue weighted by Gasteiger charge is -2.36. The number of hydrogen-bond donors (Lipinski definition) is 1. The molecule has 0 radical (unpaired) electrons. The second-order valence-corrected chi connectivity index (χ2v) is 8.16.